The Kier molecular flexibility index (Phi) is 4.45. The van der Waals surface area contributed by atoms with Gasteiger partial charge in [0.25, 0.3) is 0 Å². The minimum absolute atomic E-state index is 0.101. The minimum Gasteiger partial charge on any atom is -0.481 e. The Hall–Kier alpha value is -2.14. The summed E-state index contributed by atoms with van der Waals surface area (Å²) in [7, 11) is 0. The normalized spacial score (nSPS) is 14.5. The summed E-state index contributed by atoms with van der Waals surface area (Å²) in [5.74, 6) is -0.788. The molecule has 2 N–H and O–H groups in total. The number of carbonyl (C=O) groups is 1. The zero-order chi connectivity index (χ0) is 17.3. The van der Waals surface area contributed by atoms with Crippen LogP contribution in [0.5, 0.6) is 0 Å². The van der Waals surface area contributed by atoms with E-state index in [-0.39, 0.29) is 11.8 Å². The molecule has 128 valence electrons. The van der Waals surface area contributed by atoms with Crippen molar-refractivity contribution in [1.29, 1.82) is 0 Å². The number of carboxylic acid groups (broad SMARTS) is 1. The highest BCUT2D eigenvalue weighted by Crippen LogP contribution is 2.30. The Bertz CT molecular complexity index is 739. The highest BCUT2D eigenvalue weighted by molar-refractivity contribution is 5.67. The lowest BCUT2D eigenvalue weighted by Crippen LogP contribution is -2.25. The predicted octanol–water partition coefficient (Wildman–Crippen LogP) is 2.97. The van der Waals surface area contributed by atoms with Crippen molar-refractivity contribution in [3.8, 4) is 11.3 Å². The van der Waals surface area contributed by atoms with Crippen molar-refractivity contribution in [2.75, 3.05) is 6.54 Å². The summed E-state index contributed by atoms with van der Waals surface area (Å²) >= 11 is 0. The second-order valence-corrected chi connectivity index (χ2v) is 7.39. The van der Waals surface area contributed by atoms with Gasteiger partial charge in [-0.15, -0.1) is 0 Å². The fourth-order valence-corrected chi connectivity index (χ4v) is 3.17. The van der Waals surface area contributed by atoms with Gasteiger partial charge >= 0.3 is 5.97 Å². The summed E-state index contributed by atoms with van der Waals surface area (Å²) in [4.78, 5) is 10.9. The molecule has 0 bridgehead atoms. The van der Waals surface area contributed by atoms with Crippen molar-refractivity contribution in [3.05, 3.63) is 41.1 Å². The number of aliphatic carboxylic acids is 1. The van der Waals surface area contributed by atoms with E-state index in [4.69, 9.17) is 10.2 Å². The van der Waals surface area contributed by atoms with Crippen molar-refractivity contribution < 1.29 is 9.90 Å². The number of aromatic nitrogens is 2. The quantitative estimate of drug-likeness (QED) is 0.906. The molecule has 0 fully saturated rings. The summed E-state index contributed by atoms with van der Waals surface area (Å²) in [6.45, 7) is 8.74. The van der Waals surface area contributed by atoms with E-state index in [1.165, 1.54) is 16.8 Å². The second kappa shape index (κ2) is 6.40. The number of hydrogen-bond donors (Lipinski definition) is 2. The van der Waals surface area contributed by atoms with Crippen LogP contribution in [0.25, 0.3) is 11.3 Å². The minimum atomic E-state index is -0.788. The van der Waals surface area contributed by atoms with Crippen LogP contribution in [-0.2, 0) is 29.7 Å². The lowest BCUT2D eigenvalue weighted by atomic mass is 9.86. The first-order valence-corrected chi connectivity index (χ1v) is 8.48. The van der Waals surface area contributed by atoms with E-state index in [2.05, 4.69) is 50.4 Å². The molecule has 0 amide bonds. The predicted molar refractivity (Wildman–Crippen MR) is 94.0 cm³/mol. The van der Waals surface area contributed by atoms with E-state index in [0.29, 0.717) is 6.54 Å². The average Bonchev–Trinajstić information content (AvgIpc) is 2.91. The van der Waals surface area contributed by atoms with Crippen molar-refractivity contribution in [1.82, 2.24) is 15.1 Å². The van der Waals surface area contributed by atoms with Gasteiger partial charge in [-0.25, -0.2) is 0 Å². The molecule has 5 heteroatoms. The molecule has 5 nitrogen and oxygen atoms in total. The topological polar surface area (TPSA) is 67.2 Å². The van der Waals surface area contributed by atoms with Gasteiger partial charge in [-0.05, 0) is 11.0 Å². The van der Waals surface area contributed by atoms with Crippen LogP contribution in [0.2, 0.25) is 0 Å². The van der Waals surface area contributed by atoms with Crippen LogP contribution in [0.1, 0.15) is 44.0 Å². The molecule has 2 aromatic rings. The molecule has 1 aromatic heterocycles. The van der Waals surface area contributed by atoms with Crippen molar-refractivity contribution >= 4 is 5.97 Å². The van der Waals surface area contributed by atoms with Gasteiger partial charge in [0.1, 0.15) is 0 Å². The Morgan fingerprint density at radius 3 is 2.62 bits per heavy atom. The van der Waals surface area contributed by atoms with Gasteiger partial charge in [0.15, 0.2) is 0 Å². The number of benzene rings is 1. The monoisotopic (exact) mass is 327 g/mol. The molecule has 0 saturated heterocycles. The Balaban J connectivity index is 1.96. The van der Waals surface area contributed by atoms with E-state index in [0.717, 1.165) is 30.8 Å². The number of aryl methyl sites for hydroxylation is 1. The zero-order valence-corrected chi connectivity index (χ0v) is 14.6. The Morgan fingerprint density at radius 1 is 1.29 bits per heavy atom. The molecule has 0 atom stereocenters. The van der Waals surface area contributed by atoms with Crippen LogP contribution in [-0.4, -0.2) is 27.4 Å². The van der Waals surface area contributed by atoms with E-state index >= 15 is 0 Å². The number of carboxylic acids is 1. The SMILES string of the molecule is CC(C)(C)c1ccc(-c2nn(CCC(=O)O)c3c2CNCC3)cc1. The number of nitrogens with one attached hydrogen (secondary N) is 1. The molecular formula is C19H25N3O2. The molecule has 1 aliphatic rings. The first-order valence-electron chi connectivity index (χ1n) is 8.48. The summed E-state index contributed by atoms with van der Waals surface area (Å²) in [6.07, 6.45) is 0.992. The van der Waals surface area contributed by atoms with E-state index in [1.54, 1.807) is 0 Å². The summed E-state index contributed by atoms with van der Waals surface area (Å²) in [5.41, 5.74) is 5.86. The summed E-state index contributed by atoms with van der Waals surface area (Å²) < 4.78 is 1.89. The molecule has 2 heterocycles. The molecule has 0 aliphatic carbocycles. The standard InChI is InChI=1S/C19H25N3O2/c1-19(2,3)14-6-4-13(5-7-14)18-15-12-20-10-8-16(15)22(21-18)11-9-17(23)24/h4-7,20H,8-12H2,1-3H3,(H,23,24). The fourth-order valence-electron chi connectivity index (χ4n) is 3.17. The lowest BCUT2D eigenvalue weighted by molar-refractivity contribution is -0.137. The second-order valence-electron chi connectivity index (χ2n) is 7.39. The van der Waals surface area contributed by atoms with Gasteiger partial charge in [-0.1, -0.05) is 45.0 Å². The van der Waals surface area contributed by atoms with Crippen LogP contribution in [0.15, 0.2) is 24.3 Å². The zero-order valence-electron chi connectivity index (χ0n) is 14.6. The third-order valence-corrected chi connectivity index (χ3v) is 4.57. The number of fused-ring (bicyclic) bond motifs is 1. The number of nitrogens with zero attached hydrogens (tertiary/aromatic N) is 2. The van der Waals surface area contributed by atoms with Crippen LogP contribution in [0, 0.1) is 0 Å². The lowest BCUT2D eigenvalue weighted by Gasteiger charge is -2.19. The molecule has 24 heavy (non-hydrogen) atoms. The maximum Gasteiger partial charge on any atom is 0.305 e. The number of rotatable bonds is 4. The molecule has 0 radical (unpaired) electrons. The van der Waals surface area contributed by atoms with Crippen molar-refractivity contribution in [2.45, 2.75) is 52.1 Å². The molecule has 0 spiro atoms. The molecule has 1 aliphatic heterocycles. The van der Waals surface area contributed by atoms with Gasteiger partial charge < -0.3 is 10.4 Å². The maximum absolute atomic E-state index is 10.9. The fraction of sp³-hybridized carbons (Fsp3) is 0.474. The van der Waals surface area contributed by atoms with Gasteiger partial charge in [0, 0.05) is 36.3 Å². The Morgan fingerprint density at radius 2 is 2.00 bits per heavy atom. The van der Waals surface area contributed by atoms with Gasteiger partial charge in [0.2, 0.25) is 0 Å². The third-order valence-electron chi connectivity index (χ3n) is 4.57. The molecule has 1 aromatic carbocycles. The van der Waals surface area contributed by atoms with Gasteiger partial charge in [0.05, 0.1) is 18.7 Å². The number of hydrogen-bond acceptors (Lipinski definition) is 3. The molecule has 3 rings (SSSR count). The maximum atomic E-state index is 10.9. The largest absolute Gasteiger partial charge is 0.481 e. The van der Waals surface area contributed by atoms with Crippen LogP contribution in [0.4, 0.5) is 0 Å². The smallest absolute Gasteiger partial charge is 0.305 e. The Labute approximate surface area is 142 Å². The first-order chi connectivity index (χ1) is 11.4. The third kappa shape index (κ3) is 3.36. The van der Waals surface area contributed by atoms with Crippen molar-refractivity contribution in [3.63, 3.8) is 0 Å². The summed E-state index contributed by atoms with van der Waals surface area (Å²) in [5, 5.41) is 17.1. The van der Waals surface area contributed by atoms with E-state index in [1.807, 2.05) is 4.68 Å². The summed E-state index contributed by atoms with van der Waals surface area (Å²) in [6, 6.07) is 8.57. The molecular weight excluding hydrogens is 302 g/mol. The van der Waals surface area contributed by atoms with Crippen LogP contribution in [0.3, 0.4) is 0 Å². The highest BCUT2D eigenvalue weighted by Gasteiger charge is 2.22. The highest BCUT2D eigenvalue weighted by atomic mass is 16.4. The van der Waals surface area contributed by atoms with Crippen LogP contribution < -0.4 is 5.32 Å². The van der Waals surface area contributed by atoms with Gasteiger partial charge in [-0.3, -0.25) is 9.48 Å². The molecule has 0 unspecified atom stereocenters. The van der Waals surface area contributed by atoms with Gasteiger partial charge in [-0.2, -0.15) is 5.10 Å². The average molecular weight is 327 g/mol. The van der Waals surface area contributed by atoms with Crippen LogP contribution >= 0.6 is 0 Å². The van der Waals surface area contributed by atoms with E-state index in [9.17, 15) is 4.79 Å². The van der Waals surface area contributed by atoms with Crippen molar-refractivity contribution in [2.24, 2.45) is 0 Å². The first kappa shape index (κ1) is 16.7. The van der Waals surface area contributed by atoms with E-state index < -0.39 is 5.97 Å². The molecule has 0 saturated carbocycles.